The van der Waals surface area contributed by atoms with Crippen molar-refractivity contribution in [1.82, 2.24) is 10.6 Å². The molecule has 1 aliphatic rings. The lowest BCUT2D eigenvalue weighted by Crippen LogP contribution is -2.39. The van der Waals surface area contributed by atoms with Crippen LogP contribution in [-0.2, 0) is 0 Å². The van der Waals surface area contributed by atoms with Gasteiger partial charge in [0.2, 0.25) is 0 Å². The first-order chi connectivity index (χ1) is 13.9. The van der Waals surface area contributed by atoms with Crippen LogP contribution in [0.25, 0.3) is 5.82 Å². The largest absolute Gasteiger partial charge is 0.489 e. The van der Waals surface area contributed by atoms with Crippen molar-refractivity contribution in [3.8, 4) is 5.75 Å². The third-order valence-corrected chi connectivity index (χ3v) is 5.47. The molecule has 0 atom stereocenters. The summed E-state index contributed by atoms with van der Waals surface area (Å²) in [5.41, 5.74) is 1.42. The van der Waals surface area contributed by atoms with Gasteiger partial charge >= 0.3 is 0 Å². The monoisotopic (exact) mass is 420 g/mol. The first-order valence-electron chi connectivity index (χ1n) is 9.45. The number of aliphatic hydroxyl groups is 1. The van der Waals surface area contributed by atoms with E-state index < -0.39 is 0 Å². The summed E-state index contributed by atoms with van der Waals surface area (Å²) >= 11 is 1.33. The number of rotatable bonds is 8. The number of fused-ring (bicyclic) bond motifs is 1. The maximum atomic E-state index is 13.7. The number of nitrogens with one attached hydrogen (secondary N) is 3. The van der Waals surface area contributed by atoms with Crippen molar-refractivity contribution in [1.29, 1.82) is 0 Å². The number of amides is 1. The van der Waals surface area contributed by atoms with Crippen LogP contribution >= 0.6 is 11.3 Å². The molecule has 2 heterocycles. The lowest BCUT2D eigenvalue weighted by Gasteiger charge is -2.19. The molecule has 7 nitrogen and oxygen atoms in total. The summed E-state index contributed by atoms with van der Waals surface area (Å²) in [5.74, 6) is 0.541. The van der Waals surface area contributed by atoms with Crippen LogP contribution in [0.1, 0.15) is 35.5 Å². The molecule has 0 aliphatic carbocycles. The van der Waals surface area contributed by atoms with E-state index in [0.717, 1.165) is 15.5 Å². The van der Waals surface area contributed by atoms with E-state index in [1.54, 1.807) is 6.07 Å². The van der Waals surface area contributed by atoms with Crippen LogP contribution in [0.4, 0.5) is 10.1 Å². The number of anilines is 1. The zero-order valence-corrected chi connectivity index (χ0v) is 17.5. The second kappa shape index (κ2) is 9.23. The molecule has 0 spiro atoms. The number of benzene rings is 1. The van der Waals surface area contributed by atoms with Gasteiger partial charge in [-0.3, -0.25) is 9.79 Å². The lowest BCUT2D eigenvalue weighted by atomic mass is 10.2. The Kier molecular flexibility index (Phi) is 6.71. The van der Waals surface area contributed by atoms with Crippen LogP contribution in [0.5, 0.6) is 5.75 Å². The average molecular weight is 421 g/mol. The Morgan fingerprint density at radius 3 is 2.97 bits per heavy atom. The van der Waals surface area contributed by atoms with Crippen molar-refractivity contribution in [2.45, 2.75) is 33.3 Å². The topological polar surface area (TPSA) is 95.0 Å². The van der Waals surface area contributed by atoms with Gasteiger partial charge in [-0.1, -0.05) is 0 Å². The smallest absolute Gasteiger partial charge is 0.261 e. The number of nitrogens with zero attached hydrogens (tertiary/aromatic N) is 1. The van der Waals surface area contributed by atoms with Gasteiger partial charge in [0.25, 0.3) is 5.91 Å². The molecule has 0 saturated carbocycles. The molecule has 0 fully saturated rings. The average Bonchev–Trinajstić information content (AvgIpc) is 3.01. The molecule has 3 rings (SSSR count). The van der Waals surface area contributed by atoms with Gasteiger partial charge < -0.3 is 25.8 Å². The highest BCUT2D eigenvalue weighted by atomic mass is 32.1. The molecule has 4 N–H and O–H groups in total. The van der Waals surface area contributed by atoms with Crippen LogP contribution in [0, 0.1) is 12.7 Å². The second-order valence-corrected chi connectivity index (χ2v) is 7.87. The molecule has 1 aromatic heterocycles. The molecule has 0 saturated heterocycles. The standard InChI is InChI=1S/C20H25FN4O3S/c1-11(2)28-15-9-13(21)5-6-14(15)25-18-16-12(3)17(19(27)22-7-4-8-26)29-20(16)24-10-23-18/h5-6,9,11,23,25-26H,4,7-8,10H2,1-3H3,(H,22,27). The molecule has 1 aliphatic heterocycles. The highest BCUT2D eigenvalue weighted by Crippen LogP contribution is 2.27. The van der Waals surface area contributed by atoms with E-state index in [2.05, 4.69) is 20.9 Å². The number of thiophene rings is 1. The van der Waals surface area contributed by atoms with Crippen molar-refractivity contribution >= 4 is 28.8 Å². The van der Waals surface area contributed by atoms with Gasteiger partial charge in [-0.25, -0.2) is 4.39 Å². The Balaban J connectivity index is 1.98. The van der Waals surface area contributed by atoms with Crippen LogP contribution in [0.15, 0.2) is 23.2 Å². The fourth-order valence-electron chi connectivity index (χ4n) is 2.95. The zero-order valence-electron chi connectivity index (χ0n) is 16.6. The molecule has 156 valence electrons. The SMILES string of the molecule is Cc1c(C(=O)NCCCO)sc2c1=C(Nc1ccc(F)cc1OC(C)C)NCN=2. The summed E-state index contributed by atoms with van der Waals surface area (Å²) in [6.45, 7) is 6.43. The van der Waals surface area contributed by atoms with Gasteiger partial charge in [-0.2, -0.15) is 0 Å². The van der Waals surface area contributed by atoms with E-state index in [0.29, 0.717) is 41.8 Å². The molecule has 2 aromatic rings. The number of carbonyl (C=O) groups excluding carboxylic acids is 1. The molecule has 1 amide bonds. The normalized spacial score (nSPS) is 12.8. The fraction of sp³-hybridized carbons (Fsp3) is 0.400. The minimum absolute atomic E-state index is 0.0275. The maximum absolute atomic E-state index is 13.7. The summed E-state index contributed by atoms with van der Waals surface area (Å²) in [4.78, 5) is 17.5. The molecular weight excluding hydrogens is 395 g/mol. The molecule has 0 radical (unpaired) electrons. The van der Waals surface area contributed by atoms with E-state index >= 15 is 0 Å². The highest BCUT2D eigenvalue weighted by Gasteiger charge is 2.19. The Labute approximate surface area is 172 Å². The Morgan fingerprint density at radius 1 is 1.45 bits per heavy atom. The number of carbonyl (C=O) groups is 1. The van der Waals surface area contributed by atoms with Crippen molar-refractivity contribution in [3.63, 3.8) is 0 Å². The predicted octanol–water partition coefficient (Wildman–Crippen LogP) is 1.45. The van der Waals surface area contributed by atoms with Gasteiger partial charge in [0, 0.05) is 19.2 Å². The first kappa shape index (κ1) is 21.1. The third-order valence-electron chi connectivity index (χ3n) is 4.25. The molecule has 1 aromatic carbocycles. The number of hydrogen-bond acceptors (Lipinski definition) is 7. The Bertz CT molecular complexity index is 1020. The van der Waals surface area contributed by atoms with Crippen LogP contribution < -0.4 is 30.6 Å². The summed E-state index contributed by atoms with van der Waals surface area (Å²) in [7, 11) is 0. The number of hydrogen-bond donors (Lipinski definition) is 4. The minimum Gasteiger partial charge on any atom is -0.489 e. The highest BCUT2D eigenvalue weighted by molar-refractivity contribution is 7.11. The third kappa shape index (κ3) is 4.86. The summed E-state index contributed by atoms with van der Waals surface area (Å²) in [6.07, 6.45) is 0.397. The van der Waals surface area contributed by atoms with E-state index in [4.69, 9.17) is 9.84 Å². The number of aliphatic hydroxyl groups excluding tert-OH is 1. The van der Waals surface area contributed by atoms with Crippen molar-refractivity contribution in [2.75, 3.05) is 25.1 Å². The van der Waals surface area contributed by atoms with Gasteiger partial charge in [0.15, 0.2) is 0 Å². The van der Waals surface area contributed by atoms with Crippen molar-refractivity contribution in [3.05, 3.63) is 44.3 Å². The fourth-order valence-corrected chi connectivity index (χ4v) is 4.05. The summed E-state index contributed by atoms with van der Waals surface area (Å²) in [6, 6.07) is 4.33. The lowest BCUT2D eigenvalue weighted by molar-refractivity contribution is 0.0954. The zero-order chi connectivity index (χ0) is 21.0. The van der Waals surface area contributed by atoms with E-state index in [-0.39, 0.29) is 24.4 Å². The molecular formula is C20H25FN4O3S. The van der Waals surface area contributed by atoms with E-state index in [1.807, 2.05) is 20.8 Å². The quantitative estimate of drug-likeness (QED) is 0.485. The van der Waals surface area contributed by atoms with E-state index in [1.165, 1.54) is 23.5 Å². The predicted molar refractivity (Wildman–Crippen MR) is 111 cm³/mol. The van der Waals surface area contributed by atoms with Gasteiger partial charge in [-0.15, -0.1) is 11.3 Å². The van der Waals surface area contributed by atoms with Gasteiger partial charge in [0.1, 0.15) is 28.7 Å². The first-order valence-corrected chi connectivity index (χ1v) is 10.3. The van der Waals surface area contributed by atoms with Crippen LogP contribution in [0.3, 0.4) is 0 Å². The Hall–Kier alpha value is -2.65. The minimum atomic E-state index is -0.378. The van der Waals surface area contributed by atoms with Crippen LogP contribution in [-0.4, -0.2) is 36.9 Å². The molecule has 29 heavy (non-hydrogen) atoms. The van der Waals surface area contributed by atoms with Gasteiger partial charge in [-0.05, 0) is 44.9 Å². The maximum Gasteiger partial charge on any atom is 0.261 e. The number of ether oxygens (including phenoxy) is 1. The summed E-state index contributed by atoms with van der Waals surface area (Å²) < 4.78 is 20.2. The molecule has 9 heteroatoms. The number of halogens is 1. The van der Waals surface area contributed by atoms with Crippen molar-refractivity contribution in [2.24, 2.45) is 4.99 Å². The molecule has 0 unspecified atom stereocenters. The van der Waals surface area contributed by atoms with Crippen LogP contribution in [0.2, 0.25) is 0 Å². The van der Waals surface area contributed by atoms with E-state index in [9.17, 15) is 9.18 Å². The molecule has 0 bridgehead atoms. The van der Waals surface area contributed by atoms with Crippen molar-refractivity contribution < 1.29 is 19.0 Å². The van der Waals surface area contributed by atoms with Gasteiger partial charge in [0.05, 0.1) is 21.9 Å². The Morgan fingerprint density at radius 2 is 2.24 bits per heavy atom. The second-order valence-electron chi connectivity index (χ2n) is 6.87. The summed E-state index contributed by atoms with van der Waals surface area (Å²) in [5, 5.41) is 19.0.